The van der Waals surface area contributed by atoms with Crippen molar-refractivity contribution in [3.05, 3.63) is 0 Å². The van der Waals surface area contributed by atoms with Crippen LogP contribution in [0.1, 0.15) is 82.1 Å². The van der Waals surface area contributed by atoms with Crippen LogP contribution < -0.4 is 0 Å². The molecule has 0 aliphatic carbocycles. The van der Waals surface area contributed by atoms with E-state index in [1.54, 1.807) is 0 Å². The lowest BCUT2D eigenvalue weighted by Crippen LogP contribution is -2.35. The number of hydrogen-bond acceptors (Lipinski definition) is 2. The van der Waals surface area contributed by atoms with E-state index in [4.69, 9.17) is 9.47 Å². The molecule has 0 atom stereocenters. The van der Waals surface area contributed by atoms with E-state index >= 15 is 0 Å². The second-order valence-electron chi connectivity index (χ2n) is 9.72. The molecule has 20 heavy (non-hydrogen) atoms. The maximum absolute atomic E-state index is 6.08. The first kappa shape index (κ1) is 19.9. The first-order chi connectivity index (χ1) is 8.62. The second kappa shape index (κ2) is 6.79. The molecule has 2 nitrogen and oxygen atoms in total. The topological polar surface area (TPSA) is 18.5 Å². The Labute approximate surface area is 127 Å². The van der Waals surface area contributed by atoms with Gasteiger partial charge in [0.1, 0.15) is 0 Å². The molecule has 0 aromatic rings. The van der Waals surface area contributed by atoms with Crippen LogP contribution in [-0.4, -0.2) is 24.4 Å². The van der Waals surface area contributed by atoms with Gasteiger partial charge in [0.25, 0.3) is 0 Å². The fourth-order valence-electron chi connectivity index (χ4n) is 1.57. The molecule has 0 saturated carbocycles. The minimum Gasteiger partial charge on any atom is -0.375 e. The number of ether oxygens (including phenoxy) is 2. The van der Waals surface area contributed by atoms with E-state index in [0.717, 1.165) is 26.1 Å². The predicted molar refractivity (Wildman–Crippen MR) is 88.2 cm³/mol. The maximum atomic E-state index is 6.08. The fourth-order valence-corrected chi connectivity index (χ4v) is 1.57. The highest BCUT2D eigenvalue weighted by atomic mass is 16.5. The highest BCUT2D eigenvalue weighted by molar-refractivity contribution is 4.78. The minimum atomic E-state index is -0.0877. The van der Waals surface area contributed by atoms with Crippen LogP contribution in [0.4, 0.5) is 0 Å². The Bertz CT molecular complexity index is 247. The standard InChI is InChI=1S/C18H38O2/c1-15(2,3)13-19-17(7,8)11-12-18(9,10)20-14-16(4,5)6/h11-14H2,1-10H3. The van der Waals surface area contributed by atoms with E-state index in [-0.39, 0.29) is 22.0 Å². The average molecular weight is 286 g/mol. The van der Waals surface area contributed by atoms with Gasteiger partial charge in [0.05, 0.1) is 24.4 Å². The number of rotatable bonds is 7. The van der Waals surface area contributed by atoms with Gasteiger partial charge >= 0.3 is 0 Å². The van der Waals surface area contributed by atoms with Gasteiger partial charge in [-0.1, -0.05) is 41.5 Å². The summed E-state index contributed by atoms with van der Waals surface area (Å²) in [7, 11) is 0. The van der Waals surface area contributed by atoms with Gasteiger partial charge in [0.2, 0.25) is 0 Å². The Kier molecular flexibility index (Phi) is 6.76. The van der Waals surface area contributed by atoms with E-state index in [9.17, 15) is 0 Å². The molecule has 0 N–H and O–H groups in total. The SMILES string of the molecule is CC(C)(C)COC(C)(C)CCC(C)(C)OCC(C)(C)C. The smallest absolute Gasteiger partial charge is 0.0627 e. The van der Waals surface area contributed by atoms with Crippen molar-refractivity contribution in [3.8, 4) is 0 Å². The van der Waals surface area contributed by atoms with Crippen LogP contribution in [0.2, 0.25) is 0 Å². The summed E-state index contributed by atoms with van der Waals surface area (Å²) in [6.07, 6.45) is 2.03. The van der Waals surface area contributed by atoms with E-state index in [1.807, 2.05) is 0 Å². The van der Waals surface area contributed by atoms with Crippen LogP contribution in [0, 0.1) is 10.8 Å². The van der Waals surface area contributed by atoms with Gasteiger partial charge in [-0.2, -0.15) is 0 Å². The van der Waals surface area contributed by atoms with Gasteiger partial charge in [-0.15, -0.1) is 0 Å². The molecule has 0 bridgehead atoms. The summed E-state index contributed by atoms with van der Waals surface area (Å²) in [5, 5.41) is 0. The van der Waals surface area contributed by atoms with Crippen molar-refractivity contribution >= 4 is 0 Å². The molecule has 0 amide bonds. The molecular formula is C18H38O2. The Morgan fingerprint density at radius 2 is 0.750 bits per heavy atom. The summed E-state index contributed by atoms with van der Waals surface area (Å²) in [5.41, 5.74) is 0.260. The summed E-state index contributed by atoms with van der Waals surface area (Å²) < 4.78 is 12.2. The monoisotopic (exact) mass is 286 g/mol. The minimum absolute atomic E-state index is 0.0877. The quantitative estimate of drug-likeness (QED) is 0.619. The van der Waals surface area contributed by atoms with Crippen molar-refractivity contribution in [1.82, 2.24) is 0 Å². The van der Waals surface area contributed by atoms with Gasteiger partial charge in [0.15, 0.2) is 0 Å². The van der Waals surface area contributed by atoms with Gasteiger partial charge in [-0.3, -0.25) is 0 Å². The van der Waals surface area contributed by atoms with E-state index in [2.05, 4.69) is 69.2 Å². The van der Waals surface area contributed by atoms with Crippen molar-refractivity contribution in [2.24, 2.45) is 10.8 Å². The Balaban J connectivity index is 4.23. The van der Waals surface area contributed by atoms with Crippen molar-refractivity contribution in [3.63, 3.8) is 0 Å². The molecule has 0 unspecified atom stereocenters. The summed E-state index contributed by atoms with van der Waals surface area (Å²) in [6.45, 7) is 23.6. The second-order valence-corrected chi connectivity index (χ2v) is 9.72. The summed E-state index contributed by atoms with van der Waals surface area (Å²) in [6, 6.07) is 0. The largest absolute Gasteiger partial charge is 0.375 e. The van der Waals surface area contributed by atoms with Crippen molar-refractivity contribution < 1.29 is 9.47 Å². The van der Waals surface area contributed by atoms with Crippen LogP contribution in [0.15, 0.2) is 0 Å². The molecule has 0 rings (SSSR count). The van der Waals surface area contributed by atoms with Crippen LogP contribution in [-0.2, 0) is 9.47 Å². The molecular weight excluding hydrogens is 248 g/mol. The molecule has 0 saturated heterocycles. The zero-order valence-electron chi connectivity index (χ0n) is 15.6. The lowest BCUT2D eigenvalue weighted by molar-refractivity contribution is -0.0899. The van der Waals surface area contributed by atoms with Gasteiger partial charge in [-0.05, 0) is 51.4 Å². The molecule has 0 aromatic heterocycles. The molecule has 0 aromatic carbocycles. The third-order valence-corrected chi connectivity index (χ3v) is 3.12. The van der Waals surface area contributed by atoms with Crippen molar-refractivity contribution in [2.45, 2.75) is 93.3 Å². The van der Waals surface area contributed by atoms with E-state index in [0.29, 0.717) is 0 Å². The molecule has 0 spiro atoms. The normalized spacial score (nSPS) is 14.7. The first-order valence-electron chi connectivity index (χ1n) is 7.90. The highest BCUT2D eigenvalue weighted by Crippen LogP contribution is 2.28. The van der Waals surface area contributed by atoms with Crippen molar-refractivity contribution in [1.29, 1.82) is 0 Å². The highest BCUT2D eigenvalue weighted by Gasteiger charge is 2.28. The molecule has 0 aliphatic heterocycles. The third kappa shape index (κ3) is 11.7. The van der Waals surface area contributed by atoms with E-state index in [1.165, 1.54) is 0 Å². The average Bonchev–Trinajstić information content (AvgIpc) is 2.20. The third-order valence-electron chi connectivity index (χ3n) is 3.12. The zero-order chi connectivity index (χ0) is 16.2. The maximum Gasteiger partial charge on any atom is 0.0627 e. The lowest BCUT2D eigenvalue weighted by atomic mass is 9.92. The fraction of sp³-hybridized carbons (Fsp3) is 1.00. The van der Waals surface area contributed by atoms with Crippen LogP contribution in [0.3, 0.4) is 0 Å². The molecule has 0 heterocycles. The Morgan fingerprint density at radius 3 is 0.950 bits per heavy atom. The summed E-state index contributed by atoms with van der Waals surface area (Å²) in [5.74, 6) is 0. The number of hydrogen-bond donors (Lipinski definition) is 0. The van der Waals surface area contributed by atoms with Crippen LogP contribution in [0.25, 0.3) is 0 Å². The van der Waals surface area contributed by atoms with Crippen LogP contribution >= 0.6 is 0 Å². The molecule has 0 fully saturated rings. The van der Waals surface area contributed by atoms with Gasteiger partial charge < -0.3 is 9.47 Å². The summed E-state index contributed by atoms with van der Waals surface area (Å²) >= 11 is 0. The molecule has 2 heteroatoms. The molecule has 122 valence electrons. The van der Waals surface area contributed by atoms with E-state index < -0.39 is 0 Å². The molecule has 0 radical (unpaired) electrons. The van der Waals surface area contributed by atoms with Gasteiger partial charge in [-0.25, -0.2) is 0 Å². The first-order valence-corrected chi connectivity index (χ1v) is 7.90. The van der Waals surface area contributed by atoms with Crippen LogP contribution in [0.5, 0.6) is 0 Å². The molecule has 0 aliphatic rings. The van der Waals surface area contributed by atoms with Gasteiger partial charge in [0, 0.05) is 0 Å². The predicted octanol–water partition coefficient (Wildman–Crippen LogP) is 5.45. The summed E-state index contributed by atoms with van der Waals surface area (Å²) in [4.78, 5) is 0. The van der Waals surface area contributed by atoms with Crippen molar-refractivity contribution in [2.75, 3.05) is 13.2 Å². The Morgan fingerprint density at radius 1 is 0.500 bits per heavy atom. The Hall–Kier alpha value is -0.0800. The lowest BCUT2D eigenvalue weighted by Gasteiger charge is -2.35. The zero-order valence-corrected chi connectivity index (χ0v) is 15.6.